The normalized spacial score (nSPS) is 12.1. The highest BCUT2D eigenvalue weighted by molar-refractivity contribution is 6.32. The monoisotopic (exact) mass is 301 g/mol. The standard InChI is InChI=1S/C14H24ClN3O2/c1-12(5-4-6-16-7-9-19-2)14-13(15)11-17-18(14)8-10-20-3/h5,11,16H,4,6-10H2,1-3H3/b12-5-. The van der Waals surface area contributed by atoms with E-state index in [1.807, 2.05) is 4.68 Å². The van der Waals surface area contributed by atoms with Gasteiger partial charge in [0.2, 0.25) is 0 Å². The fraction of sp³-hybridized carbons (Fsp3) is 0.643. The van der Waals surface area contributed by atoms with Crippen LogP contribution in [0, 0.1) is 0 Å². The lowest BCUT2D eigenvalue weighted by Gasteiger charge is -2.08. The molecule has 114 valence electrons. The van der Waals surface area contributed by atoms with E-state index in [1.165, 1.54) is 0 Å². The first-order valence-corrected chi connectivity index (χ1v) is 7.15. The molecule has 0 aliphatic rings. The number of hydrogen-bond donors (Lipinski definition) is 1. The van der Waals surface area contributed by atoms with Gasteiger partial charge in [-0.05, 0) is 25.5 Å². The van der Waals surface area contributed by atoms with Gasteiger partial charge in [0.1, 0.15) is 0 Å². The van der Waals surface area contributed by atoms with Gasteiger partial charge in [0.15, 0.2) is 0 Å². The van der Waals surface area contributed by atoms with Gasteiger partial charge in [-0.25, -0.2) is 0 Å². The minimum Gasteiger partial charge on any atom is -0.383 e. The molecule has 0 spiro atoms. The van der Waals surface area contributed by atoms with Gasteiger partial charge in [-0.3, -0.25) is 4.68 Å². The number of nitrogens with one attached hydrogen (secondary N) is 1. The zero-order chi connectivity index (χ0) is 14.8. The Balaban J connectivity index is 2.52. The number of aromatic nitrogens is 2. The Bertz CT molecular complexity index is 419. The molecule has 0 bridgehead atoms. The first-order chi connectivity index (χ1) is 9.70. The Morgan fingerprint density at radius 2 is 2.10 bits per heavy atom. The maximum absolute atomic E-state index is 6.20. The third kappa shape index (κ3) is 5.63. The van der Waals surface area contributed by atoms with Gasteiger partial charge in [0, 0.05) is 20.8 Å². The number of allylic oxidation sites excluding steroid dienone is 1. The molecular formula is C14H24ClN3O2. The Hall–Kier alpha value is -0.880. The second kappa shape index (κ2) is 9.94. The number of rotatable bonds is 10. The predicted molar refractivity (Wildman–Crippen MR) is 82.1 cm³/mol. The number of nitrogens with zero attached hydrogens (tertiary/aromatic N) is 2. The van der Waals surface area contributed by atoms with E-state index in [-0.39, 0.29) is 0 Å². The molecule has 20 heavy (non-hydrogen) atoms. The third-order valence-corrected chi connectivity index (χ3v) is 3.21. The van der Waals surface area contributed by atoms with Gasteiger partial charge >= 0.3 is 0 Å². The summed E-state index contributed by atoms with van der Waals surface area (Å²) in [7, 11) is 3.38. The minimum absolute atomic E-state index is 0.622. The summed E-state index contributed by atoms with van der Waals surface area (Å²) in [5.41, 5.74) is 2.11. The van der Waals surface area contributed by atoms with Crippen LogP contribution in [0.2, 0.25) is 5.02 Å². The summed E-state index contributed by atoms with van der Waals surface area (Å²) in [5, 5.41) is 8.26. The molecule has 1 aromatic heterocycles. The number of ether oxygens (including phenoxy) is 2. The molecule has 0 atom stereocenters. The van der Waals surface area contributed by atoms with Crippen LogP contribution < -0.4 is 5.32 Å². The fourth-order valence-corrected chi connectivity index (χ4v) is 2.18. The fourth-order valence-electron chi connectivity index (χ4n) is 1.89. The highest BCUT2D eigenvalue weighted by Crippen LogP contribution is 2.23. The smallest absolute Gasteiger partial charge is 0.0862 e. The molecule has 1 heterocycles. The lowest BCUT2D eigenvalue weighted by atomic mass is 10.2. The molecule has 0 saturated heterocycles. The lowest BCUT2D eigenvalue weighted by Crippen LogP contribution is -2.19. The molecule has 0 aromatic carbocycles. The van der Waals surface area contributed by atoms with Crippen molar-refractivity contribution >= 4 is 17.2 Å². The van der Waals surface area contributed by atoms with Crippen molar-refractivity contribution in [1.82, 2.24) is 15.1 Å². The van der Waals surface area contributed by atoms with Crippen molar-refractivity contribution in [3.05, 3.63) is 23.0 Å². The summed E-state index contributed by atoms with van der Waals surface area (Å²) in [4.78, 5) is 0. The van der Waals surface area contributed by atoms with Gasteiger partial charge in [0.05, 0.1) is 36.7 Å². The van der Waals surface area contributed by atoms with E-state index >= 15 is 0 Å². The van der Waals surface area contributed by atoms with Crippen molar-refractivity contribution in [3.63, 3.8) is 0 Å². The first-order valence-electron chi connectivity index (χ1n) is 6.77. The molecule has 5 nitrogen and oxygen atoms in total. The highest BCUT2D eigenvalue weighted by atomic mass is 35.5. The molecule has 1 aromatic rings. The van der Waals surface area contributed by atoms with E-state index in [0.717, 1.165) is 37.4 Å². The van der Waals surface area contributed by atoms with E-state index in [1.54, 1.807) is 20.4 Å². The van der Waals surface area contributed by atoms with Crippen LogP contribution in [0.5, 0.6) is 0 Å². The lowest BCUT2D eigenvalue weighted by molar-refractivity contribution is 0.183. The molecule has 1 N–H and O–H groups in total. The van der Waals surface area contributed by atoms with Gasteiger partial charge in [-0.2, -0.15) is 5.10 Å². The van der Waals surface area contributed by atoms with E-state index < -0.39 is 0 Å². The number of hydrogen-bond acceptors (Lipinski definition) is 4. The van der Waals surface area contributed by atoms with Crippen molar-refractivity contribution in [2.75, 3.05) is 40.5 Å². The average molecular weight is 302 g/mol. The van der Waals surface area contributed by atoms with Crippen molar-refractivity contribution in [1.29, 1.82) is 0 Å². The summed E-state index contributed by atoms with van der Waals surface area (Å²) < 4.78 is 11.9. The first kappa shape index (κ1) is 17.2. The summed E-state index contributed by atoms with van der Waals surface area (Å²) in [6.07, 6.45) is 4.80. The van der Waals surface area contributed by atoms with Crippen LogP contribution in [-0.2, 0) is 16.0 Å². The summed E-state index contributed by atoms with van der Waals surface area (Å²) in [6, 6.07) is 0. The number of halogens is 1. The van der Waals surface area contributed by atoms with Crippen molar-refractivity contribution in [2.24, 2.45) is 0 Å². The van der Waals surface area contributed by atoms with Crippen molar-refractivity contribution in [3.8, 4) is 0 Å². The summed E-state index contributed by atoms with van der Waals surface area (Å²) in [5.74, 6) is 0. The molecule has 0 fully saturated rings. The SMILES string of the molecule is COCCNCC/C=C(/C)c1c(Cl)cnn1CCOC. The van der Waals surface area contributed by atoms with E-state index in [9.17, 15) is 0 Å². The molecule has 0 saturated carbocycles. The molecule has 0 radical (unpaired) electrons. The Morgan fingerprint density at radius 1 is 1.35 bits per heavy atom. The van der Waals surface area contributed by atoms with E-state index in [4.69, 9.17) is 21.1 Å². The second-order valence-corrected chi connectivity index (χ2v) is 4.88. The average Bonchev–Trinajstić information content (AvgIpc) is 2.81. The van der Waals surface area contributed by atoms with Gasteiger partial charge < -0.3 is 14.8 Å². The largest absolute Gasteiger partial charge is 0.383 e. The number of methoxy groups -OCH3 is 2. The van der Waals surface area contributed by atoms with Crippen molar-refractivity contribution in [2.45, 2.75) is 19.9 Å². The molecular weight excluding hydrogens is 278 g/mol. The van der Waals surface area contributed by atoms with Crippen molar-refractivity contribution < 1.29 is 9.47 Å². The molecule has 0 unspecified atom stereocenters. The third-order valence-electron chi connectivity index (χ3n) is 2.93. The quantitative estimate of drug-likeness (QED) is 0.673. The molecule has 6 heteroatoms. The second-order valence-electron chi connectivity index (χ2n) is 4.48. The highest BCUT2D eigenvalue weighted by Gasteiger charge is 2.10. The van der Waals surface area contributed by atoms with Crippen LogP contribution in [0.3, 0.4) is 0 Å². The predicted octanol–water partition coefficient (Wildman–Crippen LogP) is 2.21. The topological polar surface area (TPSA) is 48.3 Å². The van der Waals surface area contributed by atoms with Crippen LogP contribution in [0.25, 0.3) is 5.57 Å². The van der Waals surface area contributed by atoms with Crippen LogP contribution in [0.15, 0.2) is 12.3 Å². The molecule has 0 amide bonds. The summed E-state index contributed by atoms with van der Waals surface area (Å²) >= 11 is 6.20. The van der Waals surface area contributed by atoms with Crippen LogP contribution >= 0.6 is 11.6 Å². The summed E-state index contributed by atoms with van der Waals surface area (Å²) in [6.45, 7) is 5.91. The van der Waals surface area contributed by atoms with Crippen LogP contribution in [-0.4, -0.2) is 50.3 Å². The minimum atomic E-state index is 0.622. The van der Waals surface area contributed by atoms with Gasteiger partial charge in [0.25, 0.3) is 0 Å². The molecule has 1 rings (SSSR count). The van der Waals surface area contributed by atoms with Gasteiger partial charge in [-0.15, -0.1) is 0 Å². The maximum Gasteiger partial charge on any atom is 0.0862 e. The zero-order valence-electron chi connectivity index (χ0n) is 12.5. The Labute approximate surface area is 125 Å². The maximum atomic E-state index is 6.20. The van der Waals surface area contributed by atoms with E-state index in [0.29, 0.717) is 18.2 Å². The van der Waals surface area contributed by atoms with Gasteiger partial charge in [-0.1, -0.05) is 17.7 Å². The van der Waals surface area contributed by atoms with E-state index in [2.05, 4.69) is 23.4 Å². The van der Waals surface area contributed by atoms with Crippen LogP contribution in [0.4, 0.5) is 0 Å². The Kier molecular flexibility index (Phi) is 8.53. The zero-order valence-corrected chi connectivity index (χ0v) is 13.2. The molecule has 0 aliphatic heterocycles. The Morgan fingerprint density at radius 3 is 2.80 bits per heavy atom. The van der Waals surface area contributed by atoms with Crippen LogP contribution in [0.1, 0.15) is 19.0 Å². The molecule has 0 aliphatic carbocycles.